The molecule has 2 amide bonds. The number of rotatable bonds is 6. The molecule has 0 heterocycles. The molecular weight excluding hydrogens is 356 g/mol. The zero-order valence-electron chi connectivity index (χ0n) is 14.0. The highest BCUT2D eigenvalue weighted by Gasteiger charge is 2.13. The first-order valence-corrected chi connectivity index (χ1v) is 7.56. The number of non-ortho nitro benzene ring substituents is 2. The van der Waals surface area contributed by atoms with E-state index in [4.69, 9.17) is 0 Å². The van der Waals surface area contributed by atoms with E-state index in [1.807, 2.05) is 0 Å². The van der Waals surface area contributed by atoms with Gasteiger partial charge in [0.15, 0.2) is 0 Å². The second-order valence-electron chi connectivity index (χ2n) is 5.35. The van der Waals surface area contributed by atoms with Crippen LogP contribution in [0.1, 0.15) is 12.5 Å². The average molecular weight is 370 g/mol. The SMILES string of the molecule is CC(=O)NC(=Cc1ccc([N+](=O)[O-])cc1)C(=O)Nc1ccc([N+](=O)[O-])cc1. The predicted octanol–water partition coefficient (Wildman–Crippen LogP) is 2.62. The number of anilines is 1. The molecule has 0 aliphatic carbocycles. The zero-order chi connectivity index (χ0) is 20.0. The van der Waals surface area contributed by atoms with Crippen molar-refractivity contribution in [3.63, 3.8) is 0 Å². The summed E-state index contributed by atoms with van der Waals surface area (Å²) >= 11 is 0. The molecule has 2 aromatic rings. The molecule has 2 aromatic carbocycles. The number of carbonyl (C=O) groups is 2. The lowest BCUT2D eigenvalue weighted by Crippen LogP contribution is -2.28. The van der Waals surface area contributed by atoms with E-state index in [1.54, 1.807) is 0 Å². The van der Waals surface area contributed by atoms with Crippen LogP contribution in [-0.4, -0.2) is 21.7 Å². The standard InChI is InChI=1S/C17H14N4O6/c1-11(22)18-16(10-12-2-6-14(7-3-12)20(24)25)17(23)19-13-4-8-15(9-5-13)21(26)27/h2-10H,1H3,(H,18,22)(H,19,23). The van der Waals surface area contributed by atoms with E-state index in [9.17, 15) is 29.8 Å². The van der Waals surface area contributed by atoms with Gasteiger partial charge in [-0.05, 0) is 35.9 Å². The van der Waals surface area contributed by atoms with Crippen molar-refractivity contribution in [2.24, 2.45) is 0 Å². The summed E-state index contributed by atoms with van der Waals surface area (Å²) < 4.78 is 0. The molecule has 0 bridgehead atoms. The number of nitro benzene ring substituents is 2. The fourth-order valence-corrected chi connectivity index (χ4v) is 2.07. The van der Waals surface area contributed by atoms with Gasteiger partial charge in [0, 0.05) is 36.9 Å². The maximum Gasteiger partial charge on any atom is 0.272 e. The summed E-state index contributed by atoms with van der Waals surface area (Å²) in [5, 5.41) is 26.2. The van der Waals surface area contributed by atoms with E-state index in [-0.39, 0.29) is 17.1 Å². The van der Waals surface area contributed by atoms with Crippen LogP contribution in [-0.2, 0) is 9.59 Å². The molecule has 0 fully saturated rings. The number of hydrogen-bond acceptors (Lipinski definition) is 6. The van der Waals surface area contributed by atoms with Gasteiger partial charge >= 0.3 is 0 Å². The zero-order valence-corrected chi connectivity index (χ0v) is 14.0. The number of nitro groups is 2. The largest absolute Gasteiger partial charge is 0.322 e. The molecule has 0 radical (unpaired) electrons. The van der Waals surface area contributed by atoms with Gasteiger partial charge in [-0.1, -0.05) is 0 Å². The highest BCUT2D eigenvalue weighted by molar-refractivity contribution is 6.08. The maximum absolute atomic E-state index is 12.4. The van der Waals surface area contributed by atoms with Crippen molar-refractivity contribution in [1.29, 1.82) is 0 Å². The lowest BCUT2D eigenvalue weighted by molar-refractivity contribution is -0.385. The third kappa shape index (κ3) is 5.46. The summed E-state index contributed by atoms with van der Waals surface area (Å²) in [6, 6.07) is 10.6. The number of nitrogens with zero attached hydrogens (tertiary/aromatic N) is 2. The fraction of sp³-hybridized carbons (Fsp3) is 0.0588. The minimum absolute atomic E-state index is 0.0882. The molecule has 10 nitrogen and oxygen atoms in total. The first-order chi connectivity index (χ1) is 12.8. The Morgan fingerprint density at radius 3 is 1.81 bits per heavy atom. The minimum atomic E-state index is -0.655. The van der Waals surface area contributed by atoms with Crippen LogP contribution in [0.15, 0.2) is 54.2 Å². The highest BCUT2D eigenvalue weighted by atomic mass is 16.6. The van der Waals surface area contributed by atoms with Crippen molar-refractivity contribution in [2.75, 3.05) is 5.32 Å². The van der Waals surface area contributed by atoms with Gasteiger partial charge < -0.3 is 10.6 Å². The Hall–Kier alpha value is -4.08. The summed E-state index contributed by atoms with van der Waals surface area (Å²) in [5.74, 6) is -1.14. The topological polar surface area (TPSA) is 144 Å². The third-order valence-electron chi connectivity index (χ3n) is 3.31. The van der Waals surface area contributed by atoms with E-state index in [0.29, 0.717) is 11.3 Å². The van der Waals surface area contributed by atoms with Crippen molar-refractivity contribution in [3.8, 4) is 0 Å². The summed E-state index contributed by atoms with van der Waals surface area (Å²) in [4.78, 5) is 44.0. The lowest BCUT2D eigenvalue weighted by Gasteiger charge is -2.09. The first kappa shape index (κ1) is 19.2. The van der Waals surface area contributed by atoms with Crippen LogP contribution >= 0.6 is 0 Å². The molecule has 0 aliphatic rings. The molecule has 0 saturated heterocycles. The number of benzene rings is 2. The van der Waals surface area contributed by atoms with E-state index in [2.05, 4.69) is 10.6 Å². The Labute approximate surface area is 152 Å². The minimum Gasteiger partial charge on any atom is -0.322 e. The molecule has 138 valence electrons. The highest BCUT2D eigenvalue weighted by Crippen LogP contribution is 2.17. The molecule has 0 saturated carbocycles. The van der Waals surface area contributed by atoms with Gasteiger partial charge in [-0.3, -0.25) is 29.8 Å². The van der Waals surface area contributed by atoms with E-state index in [1.165, 1.54) is 61.5 Å². The molecule has 0 unspecified atom stereocenters. The van der Waals surface area contributed by atoms with Crippen LogP contribution in [0.5, 0.6) is 0 Å². The van der Waals surface area contributed by atoms with Gasteiger partial charge in [0.05, 0.1) is 9.85 Å². The van der Waals surface area contributed by atoms with Crippen LogP contribution in [0.2, 0.25) is 0 Å². The van der Waals surface area contributed by atoms with Crippen LogP contribution in [0.4, 0.5) is 17.1 Å². The number of nitrogens with one attached hydrogen (secondary N) is 2. The van der Waals surface area contributed by atoms with Crippen molar-refractivity contribution < 1.29 is 19.4 Å². The van der Waals surface area contributed by atoms with E-state index in [0.717, 1.165) is 0 Å². The third-order valence-corrected chi connectivity index (χ3v) is 3.31. The monoisotopic (exact) mass is 370 g/mol. The Balaban J connectivity index is 2.23. The van der Waals surface area contributed by atoms with Crippen molar-refractivity contribution in [1.82, 2.24) is 5.32 Å². The Kier molecular flexibility index (Phi) is 5.94. The van der Waals surface area contributed by atoms with Gasteiger partial charge in [0.25, 0.3) is 17.3 Å². The average Bonchev–Trinajstić information content (AvgIpc) is 2.61. The van der Waals surface area contributed by atoms with Gasteiger partial charge in [0.1, 0.15) is 5.70 Å². The second-order valence-corrected chi connectivity index (χ2v) is 5.35. The molecule has 2 rings (SSSR count). The molecule has 10 heteroatoms. The Morgan fingerprint density at radius 1 is 0.889 bits per heavy atom. The van der Waals surface area contributed by atoms with Crippen LogP contribution in [0, 0.1) is 20.2 Å². The Bertz CT molecular complexity index is 919. The maximum atomic E-state index is 12.4. The number of hydrogen-bond donors (Lipinski definition) is 2. The quantitative estimate of drug-likeness (QED) is 0.454. The molecule has 0 aliphatic heterocycles. The molecule has 0 aromatic heterocycles. The summed E-state index contributed by atoms with van der Waals surface area (Å²) in [7, 11) is 0. The summed E-state index contributed by atoms with van der Waals surface area (Å²) in [5.41, 5.74) is 0.434. The summed E-state index contributed by atoms with van der Waals surface area (Å²) in [6.07, 6.45) is 1.35. The summed E-state index contributed by atoms with van der Waals surface area (Å²) in [6.45, 7) is 1.23. The van der Waals surface area contributed by atoms with Crippen LogP contribution < -0.4 is 10.6 Å². The first-order valence-electron chi connectivity index (χ1n) is 7.56. The Morgan fingerprint density at radius 2 is 1.37 bits per heavy atom. The molecular formula is C17H14N4O6. The van der Waals surface area contributed by atoms with Crippen molar-refractivity contribution in [3.05, 3.63) is 80.0 Å². The predicted molar refractivity (Wildman–Crippen MR) is 96.6 cm³/mol. The van der Waals surface area contributed by atoms with E-state index < -0.39 is 21.7 Å². The molecule has 27 heavy (non-hydrogen) atoms. The number of amides is 2. The van der Waals surface area contributed by atoms with Gasteiger partial charge in [-0.2, -0.15) is 0 Å². The van der Waals surface area contributed by atoms with Gasteiger partial charge in [-0.25, -0.2) is 0 Å². The van der Waals surface area contributed by atoms with Gasteiger partial charge in [-0.15, -0.1) is 0 Å². The lowest BCUT2D eigenvalue weighted by atomic mass is 10.1. The van der Waals surface area contributed by atoms with Gasteiger partial charge in [0.2, 0.25) is 5.91 Å². The number of carbonyl (C=O) groups excluding carboxylic acids is 2. The fourth-order valence-electron chi connectivity index (χ4n) is 2.07. The second kappa shape index (κ2) is 8.34. The normalized spacial score (nSPS) is 10.8. The molecule has 2 N–H and O–H groups in total. The molecule has 0 spiro atoms. The van der Waals surface area contributed by atoms with E-state index >= 15 is 0 Å². The van der Waals surface area contributed by atoms with Crippen molar-refractivity contribution in [2.45, 2.75) is 6.92 Å². The van der Waals surface area contributed by atoms with Crippen LogP contribution in [0.3, 0.4) is 0 Å². The smallest absolute Gasteiger partial charge is 0.272 e. The van der Waals surface area contributed by atoms with Crippen molar-refractivity contribution >= 4 is 35.0 Å². The van der Waals surface area contributed by atoms with Crippen LogP contribution in [0.25, 0.3) is 6.08 Å². The molecule has 0 atom stereocenters.